The number of aliphatic carboxylic acids is 1. The van der Waals surface area contributed by atoms with Crippen molar-refractivity contribution < 1.29 is 24.2 Å². The Morgan fingerprint density at radius 1 is 1.25 bits per heavy atom. The quantitative estimate of drug-likeness (QED) is 0.643. The maximum Gasteiger partial charge on any atom is 0.320 e. The van der Waals surface area contributed by atoms with Crippen LogP contribution in [0.1, 0.15) is 18.5 Å². The van der Waals surface area contributed by atoms with E-state index < -0.39 is 23.3 Å². The summed E-state index contributed by atoms with van der Waals surface area (Å²) in [6.45, 7) is 1.19. The minimum absolute atomic E-state index is 0.387. The lowest BCUT2D eigenvalue weighted by atomic mass is 9.78. The molecule has 7 nitrogen and oxygen atoms in total. The monoisotopic (exact) mass is 282 g/mol. The molecule has 110 valence electrons. The Hall–Kier alpha value is -2.28. The first-order valence-electron chi connectivity index (χ1n) is 5.79. The van der Waals surface area contributed by atoms with Crippen molar-refractivity contribution in [1.29, 1.82) is 0 Å². The van der Waals surface area contributed by atoms with Gasteiger partial charge in [0.2, 0.25) is 5.91 Å². The molecule has 7 heteroatoms. The molecule has 2 atom stereocenters. The van der Waals surface area contributed by atoms with Crippen LogP contribution < -0.4 is 20.9 Å². The molecular formula is C13H18N2O5. The number of hydrogen-bond acceptors (Lipinski definition) is 5. The second-order valence-electron chi connectivity index (χ2n) is 4.46. The molecule has 0 aliphatic heterocycles. The molecule has 0 heterocycles. The second-order valence-corrected chi connectivity index (χ2v) is 4.46. The normalized spacial score (nSPS) is 15.0. The molecule has 20 heavy (non-hydrogen) atoms. The van der Waals surface area contributed by atoms with Crippen LogP contribution in [0, 0.1) is 5.41 Å². The van der Waals surface area contributed by atoms with Gasteiger partial charge < -0.3 is 26.0 Å². The zero-order valence-electron chi connectivity index (χ0n) is 11.5. The van der Waals surface area contributed by atoms with Crippen LogP contribution in [0.25, 0.3) is 0 Å². The van der Waals surface area contributed by atoms with Crippen LogP contribution in [-0.4, -0.2) is 31.2 Å². The van der Waals surface area contributed by atoms with E-state index in [0.717, 1.165) is 0 Å². The minimum atomic E-state index is -1.92. The van der Waals surface area contributed by atoms with Crippen molar-refractivity contribution in [3.8, 4) is 11.5 Å². The first kappa shape index (κ1) is 15.8. The molecule has 1 aromatic carbocycles. The number of benzene rings is 1. The summed E-state index contributed by atoms with van der Waals surface area (Å²) in [6.07, 6.45) is 0. The second kappa shape index (κ2) is 5.79. The summed E-state index contributed by atoms with van der Waals surface area (Å²) in [5.74, 6) is -1.53. The van der Waals surface area contributed by atoms with E-state index in [0.29, 0.717) is 17.1 Å². The van der Waals surface area contributed by atoms with E-state index in [1.165, 1.54) is 27.2 Å². The van der Waals surface area contributed by atoms with Gasteiger partial charge in [-0.3, -0.25) is 9.59 Å². The van der Waals surface area contributed by atoms with E-state index in [-0.39, 0.29) is 0 Å². The first-order chi connectivity index (χ1) is 9.28. The molecule has 0 radical (unpaired) electrons. The van der Waals surface area contributed by atoms with E-state index in [2.05, 4.69) is 0 Å². The number of ether oxygens (including phenoxy) is 2. The van der Waals surface area contributed by atoms with Gasteiger partial charge in [-0.1, -0.05) is 6.07 Å². The number of carboxylic acids is 1. The summed E-state index contributed by atoms with van der Waals surface area (Å²) in [5.41, 5.74) is 9.59. The number of carboxylic acid groups (broad SMARTS) is 1. The first-order valence-corrected chi connectivity index (χ1v) is 5.79. The number of rotatable bonds is 6. The largest absolute Gasteiger partial charge is 0.493 e. The number of carbonyl (C=O) groups excluding carboxylic acids is 1. The van der Waals surface area contributed by atoms with Crippen molar-refractivity contribution in [2.75, 3.05) is 14.2 Å². The molecule has 0 fully saturated rings. The molecular weight excluding hydrogens is 264 g/mol. The molecule has 0 spiro atoms. The van der Waals surface area contributed by atoms with Gasteiger partial charge in [0, 0.05) is 0 Å². The SMILES string of the molecule is COc1ccc([C@H](N)[C@@](C)(C(N)=O)C(=O)O)cc1OC. The van der Waals surface area contributed by atoms with E-state index >= 15 is 0 Å². The summed E-state index contributed by atoms with van der Waals surface area (Å²) in [6, 6.07) is 3.55. The van der Waals surface area contributed by atoms with Crippen LogP contribution in [-0.2, 0) is 9.59 Å². The van der Waals surface area contributed by atoms with E-state index in [1.54, 1.807) is 12.1 Å². The molecule has 0 saturated heterocycles. The highest BCUT2D eigenvalue weighted by Gasteiger charge is 2.46. The molecule has 5 N–H and O–H groups in total. The lowest BCUT2D eigenvalue weighted by Crippen LogP contribution is -2.49. The van der Waals surface area contributed by atoms with Gasteiger partial charge in [-0.05, 0) is 24.6 Å². The summed E-state index contributed by atoms with van der Waals surface area (Å²) in [7, 11) is 2.92. The van der Waals surface area contributed by atoms with Crippen LogP contribution in [0.3, 0.4) is 0 Å². The lowest BCUT2D eigenvalue weighted by Gasteiger charge is -2.28. The number of hydrogen-bond donors (Lipinski definition) is 3. The highest BCUT2D eigenvalue weighted by molar-refractivity contribution is 6.01. The maximum absolute atomic E-state index is 11.5. The maximum atomic E-state index is 11.5. The van der Waals surface area contributed by atoms with Gasteiger partial charge in [0.1, 0.15) is 0 Å². The van der Waals surface area contributed by atoms with Crippen molar-refractivity contribution in [1.82, 2.24) is 0 Å². The smallest absolute Gasteiger partial charge is 0.320 e. The Balaban J connectivity index is 3.29. The summed E-state index contributed by atoms with van der Waals surface area (Å²) in [5, 5.41) is 9.23. The summed E-state index contributed by atoms with van der Waals surface area (Å²) in [4.78, 5) is 22.8. The fourth-order valence-corrected chi connectivity index (χ4v) is 1.77. The fraction of sp³-hybridized carbons (Fsp3) is 0.385. The molecule has 0 unspecified atom stereocenters. The van der Waals surface area contributed by atoms with Gasteiger partial charge in [0.15, 0.2) is 16.9 Å². The average molecular weight is 282 g/mol. The Labute approximate surface area is 116 Å². The zero-order chi connectivity index (χ0) is 15.5. The van der Waals surface area contributed by atoms with Crippen LogP contribution in [0.4, 0.5) is 0 Å². The van der Waals surface area contributed by atoms with Gasteiger partial charge in [-0.25, -0.2) is 0 Å². The standard InChI is InChI=1S/C13H18N2O5/c1-13(11(15)16,12(17)18)10(14)7-4-5-8(19-2)9(6-7)20-3/h4-6,10H,14H2,1-3H3,(H2,15,16)(H,17,18)/t10-,13-/m0/s1. The van der Waals surface area contributed by atoms with E-state index in [1.807, 2.05) is 0 Å². The van der Waals surface area contributed by atoms with Gasteiger partial charge >= 0.3 is 5.97 Å². The van der Waals surface area contributed by atoms with Crippen LogP contribution >= 0.6 is 0 Å². The van der Waals surface area contributed by atoms with Gasteiger partial charge in [-0.15, -0.1) is 0 Å². The van der Waals surface area contributed by atoms with Crippen LogP contribution in [0.5, 0.6) is 11.5 Å². The fourth-order valence-electron chi connectivity index (χ4n) is 1.77. The van der Waals surface area contributed by atoms with E-state index in [9.17, 15) is 14.7 Å². The predicted molar refractivity (Wildman–Crippen MR) is 71.4 cm³/mol. The Bertz CT molecular complexity index is 515. The van der Waals surface area contributed by atoms with Crippen molar-refractivity contribution >= 4 is 11.9 Å². The van der Waals surface area contributed by atoms with Crippen molar-refractivity contribution in [3.63, 3.8) is 0 Å². The minimum Gasteiger partial charge on any atom is -0.493 e. The highest BCUT2D eigenvalue weighted by Crippen LogP contribution is 2.36. The zero-order valence-corrected chi connectivity index (χ0v) is 11.5. The summed E-state index contributed by atoms with van der Waals surface area (Å²) >= 11 is 0. The third-order valence-corrected chi connectivity index (χ3v) is 3.34. The molecule has 1 amide bonds. The van der Waals surface area contributed by atoms with Crippen molar-refractivity contribution in [2.45, 2.75) is 13.0 Å². The molecule has 1 rings (SSSR count). The molecule has 0 bridgehead atoms. The third kappa shape index (κ3) is 2.53. The Morgan fingerprint density at radius 3 is 2.20 bits per heavy atom. The van der Waals surface area contributed by atoms with Crippen LogP contribution in [0.15, 0.2) is 18.2 Å². The van der Waals surface area contributed by atoms with E-state index in [4.69, 9.17) is 20.9 Å². The molecule has 0 aliphatic rings. The number of nitrogens with two attached hydrogens (primary N) is 2. The molecule has 0 aromatic heterocycles. The average Bonchev–Trinajstić information content (AvgIpc) is 2.44. The van der Waals surface area contributed by atoms with Crippen molar-refractivity contribution in [3.05, 3.63) is 23.8 Å². The Kier molecular flexibility index (Phi) is 4.57. The van der Waals surface area contributed by atoms with Crippen LogP contribution in [0.2, 0.25) is 0 Å². The topological polar surface area (TPSA) is 125 Å². The van der Waals surface area contributed by atoms with Gasteiger partial charge in [-0.2, -0.15) is 0 Å². The van der Waals surface area contributed by atoms with Gasteiger partial charge in [0.05, 0.1) is 20.3 Å². The lowest BCUT2D eigenvalue weighted by molar-refractivity contribution is -0.155. The predicted octanol–water partition coefficient (Wildman–Crippen LogP) is 0.280. The number of carbonyl (C=O) groups is 2. The molecule has 0 aliphatic carbocycles. The summed E-state index contributed by atoms with van der Waals surface area (Å²) < 4.78 is 10.2. The molecule has 1 aromatic rings. The number of methoxy groups -OCH3 is 2. The third-order valence-electron chi connectivity index (χ3n) is 3.34. The Morgan fingerprint density at radius 2 is 1.80 bits per heavy atom. The number of amides is 1. The van der Waals surface area contributed by atoms with Gasteiger partial charge in [0.25, 0.3) is 0 Å². The molecule has 0 saturated carbocycles. The highest BCUT2D eigenvalue weighted by atomic mass is 16.5. The van der Waals surface area contributed by atoms with Crippen molar-refractivity contribution in [2.24, 2.45) is 16.9 Å². The number of primary amides is 1.